The first-order valence-electron chi connectivity index (χ1n) is 9.22. The SMILES string of the molecule is Cc1noc(C)c1CC(=O)N(C)C[C@@H]1CCCN(C)[C@H]1c1ccnn1C. The zero-order valence-corrected chi connectivity index (χ0v) is 16.4. The minimum atomic E-state index is 0.108. The van der Waals surface area contributed by atoms with Crippen molar-refractivity contribution in [2.75, 3.05) is 27.2 Å². The fraction of sp³-hybridized carbons (Fsp3) is 0.632. The molecule has 2 aromatic rings. The second-order valence-electron chi connectivity index (χ2n) is 7.46. The summed E-state index contributed by atoms with van der Waals surface area (Å²) < 4.78 is 7.13. The largest absolute Gasteiger partial charge is 0.361 e. The van der Waals surface area contributed by atoms with E-state index >= 15 is 0 Å². The third kappa shape index (κ3) is 3.67. The molecule has 0 saturated carbocycles. The van der Waals surface area contributed by atoms with Gasteiger partial charge in [0.1, 0.15) is 5.76 Å². The third-order valence-corrected chi connectivity index (χ3v) is 5.61. The van der Waals surface area contributed by atoms with Crippen LogP contribution in [0.4, 0.5) is 0 Å². The lowest BCUT2D eigenvalue weighted by molar-refractivity contribution is -0.130. The molecule has 0 unspecified atom stereocenters. The number of nitrogens with zero attached hydrogens (tertiary/aromatic N) is 5. The summed E-state index contributed by atoms with van der Waals surface area (Å²) in [5, 5.41) is 8.28. The van der Waals surface area contributed by atoms with E-state index in [0.29, 0.717) is 12.3 Å². The van der Waals surface area contributed by atoms with Crippen LogP contribution in [0.2, 0.25) is 0 Å². The molecular formula is C19H29N5O2. The van der Waals surface area contributed by atoms with Crippen LogP contribution in [0, 0.1) is 19.8 Å². The summed E-state index contributed by atoms with van der Waals surface area (Å²) in [5.74, 6) is 1.23. The van der Waals surface area contributed by atoms with Crippen LogP contribution in [0.3, 0.4) is 0 Å². The van der Waals surface area contributed by atoms with Gasteiger partial charge in [-0.25, -0.2) is 0 Å². The summed E-state index contributed by atoms with van der Waals surface area (Å²) in [5.41, 5.74) is 2.92. The van der Waals surface area contributed by atoms with Crippen LogP contribution in [0.15, 0.2) is 16.8 Å². The standard InChI is InChI=1S/C19H29N5O2/c1-13-16(14(2)26-21-13)11-18(25)23(4)12-15-7-6-10-22(3)19(15)17-8-9-20-24(17)5/h8-9,15,19H,6-7,10-12H2,1-5H3/t15-,19+/m0/s1. The maximum Gasteiger partial charge on any atom is 0.226 e. The van der Waals surface area contributed by atoms with Gasteiger partial charge in [0.05, 0.1) is 23.9 Å². The monoisotopic (exact) mass is 359 g/mol. The molecule has 0 bridgehead atoms. The Hall–Kier alpha value is -2.15. The number of aryl methyl sites for hydroxylation is 3. The Labute approximate surface area is 154 Å². The van der Waals surface area contributed by atoms with Crippen LogP contribution in [0.25, 0.3) is 0 Å². The van der Waals surface area contributed by atoms with Crippen molar-refractivity contribution in [3.63, 3.8) is 0 Å². The van der Waals surface area contributed by atoms with Crippen molar-refractivity contribution in [1.82, 2.24) is 24.7 Å². The van der Waals surface area contributed by atoms with E-state index < -0.39 is 0 Å². The van der Waals surface area contributed by atoms with Crippen molar-refractivity contribution >= 4 is 5.91 Å². The highest BCUT2D eigenvalue weighted by Gasteiger charge is 2.33. The van der Waals surface area contributed by atoms with Crippen LogP contribution in [0.1, 0.15) is 41.6 Å². The summed E-state index contributed by atoms with van der Waals surface area (Å²) in [7, 11) is 6.05. The Morgan fingerprint density at radius 2 is 2.15 bits per heavy atom. The van der Waals surface area contributed by atoms with Crippen molar-refractivity contribution in [2.24, 2.45) is 13.0 Å². The summed E-state index contributed by atoms with van der Waals surface area (Å²) in [6.45, 7) is 5.55. The molecule has 3 heterocycles. The molecule has 0 N–H and O–H groups in total. The minimum Gasteiger partial charge on any atom is -0.361 e. The maximum absolute atomic E-state index is 12.8. The maximum atomic E-state index is 12.8. The van der Waals surface area contributed by atoms with Crippen molar-refractivity contribution < 1.29 is 9.32 Å². The van der Waals surface area contributed by atoms with Gasteiger partial charge in [-0.2, -0.15) is 5.10 Å². The number of likely N-dealkylation sites (tertiary alicyclic amines) is 1. The first-order chi connectivity index (χ1) is 12.4. The number of rotatable bonds is 5. The Bertz CT molecular complexity index is 746. The minimum absolute atomic E-state index is 0.108. The number of carbonyl (C=O) groups excluding carboxylic acids is 1. The van der Waals surface area contributed by atoms with Gasteiger partial charge in [-0.15, -0.1) is 0 Å². The number of carbonyl (C=O) groups is 1. The highest BCUT2D eigenvalue weighted by molar-refractivity contribution is 5.79. The lowest BCUT2D eigenvalue weighted by Crippen LogP contribution is -2.43. The second kappa shape index (κ2) is 7.61. The van der Waals surface area contributed by atoms with Crippen molar-refractivity contribution in [3.05, 3.63) is 35.0 Å². The number of likely N-dealkylation sites (N-methyl/N-ethyl adjacent to an activating group) is 1. The van der Waals surface area contributed by atoms with Gasteiger partial charge in [0.15, 0.2) is 0 Å². The molecule has 7 nitrogen and oxygen atoms in total. The second-order valence-corrected chi connectivity index (χ2v) is 7.46. The lowest BCUT2D eigenvalue weighted by Gasteiger charge is -2.40. The molecule has 2 aromatic heterocycles. The fourth-order valence-corrected chi connectivity index (χ4v) is 4.09. The van der Waals surface area contributed by atoms with E-state index in [2.05, 4.69) is 28.3 Å². The van der Waals surface area contributed by atoms with E-state index in [1.54, 1.807) is 0 Å². The van der Waals surface area contributed by atoms with Crippen LogP contribution < -0.4 is 0 Å². The molecule has 26 heavy (non-hydrogen) atoms. The van der Waals surface area contributed by atoms with E-state index in [0.717, 1.165) is 42.9 Å². The fourth-order valence-electron chi connectivity index (χ4n) is 4.09. The van der Waals surface area contributed by atoms with Gasteiger partial charge < -0.3 is 9.42 Å². The average Bonchev–Trinajstić information content (AvgIpc) is 3.15. The van der Waals surface area contributed by atoms with E-state index in [4.69, 9.17) is 4.52 Å². The number of hydrogen-bond donors (Lipinski definition) is 0. The summed E-state index contributed by atoms with van der Waals surface area (Å²) >= 11 is 0. The van der Waals surface area contributed by atoms with E-state index in [1.807, 2.05) is 43.7 Å². The van der Waals surface area contributed by atoms with E-state index in [-0.39, 0.29) is 11.9 Å². The van der Waals surface area contributed by atoms with Gasteiger partial charge in [-0.05, 0) is 52.3 Å². The molecule has 0 radical (unpaired) electrons. The lowest BCUT2D eigenvalue weighted by atomic mass is 9.86. The molecule has 1 aliphatic heterocycles. The zero-order chi connectivity index (χ0) is 18.8. The Kier molecular flexibility index (Phi) is 5.46. The third-order valence-electron chi connectivity index (χ3n) is 5.61. The topological polar surface area (TPSA) is 67.4 Å². The normalized spacial score (nSPS) is 21.1. The van der Waals surface area contributed by atoms with Crippen LogP contribution in [-0.4, -0.2) is 57.8 Å². The zero-order valence-electron chi connectivity index (χ0n) is 16.4. The molecule has 3 rings (SSSR count). The Balaban J connectivity index is 1.71. The number of amides is 1. The first kappa shape index (κ1) is 18.6. The molecule has 7 heteroatoms. The van der Waals surface area contributed by atoms with E-state index in [1.165, 1.54) is 5.69 Å². The van der Waals surface area contributed by atoms with E-state index in [9.17, 15) is 4.79 Å². The number of hydrogen-bond acceptors (Lipinski definition) is 5. The molecule has 142 valence electrons. The summed E-state index contributed by atoms with van der Waals surface area (Å²) in [6.07, 6.45) is 4.46. The Morgan fingerprint density at radius 1 is 1.38 bits per heavy atom. The smallest absolute Gasteiger partial charge is 0.226 e. The molecule has 0 aliphatic carbocycles. The summed E-state index contributed by atoms with van der Waals surface area (Å²) in [4.78, 5) is 17.0. The summed E-state index contributed by atoms with van der Waals surface area (Å²) in [6, 6.07) is 2.37. The molecule has 1 aliphatic rings. The quantitative estimate of drug-likeness (QED) is 0.818. The first-order valence-corrected chi connectivity index (χ1v) is 9.22. The van der Waals surface area contributed by atoms with Crippen LogP contribution in [0.5, 0.6) is 0 Å². The number of piperidine rings is 1. The molecule has 1 fully saturated rings. The molecule has 1 saturated heterocycles. The average molecular weight is 359 g/mol. The molecular weight excluding hydrogens is 330 g/mol. The van der Waals surface area contributed by atoms with Crippen LogP contribution in [-0.2, 0) is 18.3 Å². The van der Waals surface area contributed by atoms with Gasteiger partial charge in [-0.1, -0.05) is 5.16 Å². The van der Waals surface area contributed by atoms with Crippen molar-refractivity contribution in [1.29, 1.82) is 0 Å². The van der Waals surface area contributed by atoms with Gasteiger partial charge in [-0.3, -0.25) is 14.4 Å². The van der Waals surface area contributed by atoms with Crippen LogP contribution >= 0.6 is 0 Å². The van der Waals surface area contributed by atoms with Gasteiger partial charge in [0.25, 0.3) is 0 Å². The highest BCUT2D eigenvalue weighted by atomic mass is 16.5. The van der Waals surface area contributed by atoms with Gasteiger partial charge >= 0.3 is 0 Å². The molecule has 0 aromatic carbocycles. The number of aromatic nitrogens is 3. The Morgan fingerprint density at radius 3 is 2.77 bits per heavy atom. The molecule has 2 atom stereocenters. The molecule has 1 amide bonds. The molecule has 0 spiro atoms. The van der Waals surface area contributed by atoms with Gasteiger partial charge in [0, 0.05) is 32.4 Å². The predicted octanol–water partition coefficient (Wildman–Crippen LogP) is 2.11. The highest BCUT2D eigenvalue weighted by Crippen LogP contribution is 2.35. The predicted molar refractivity (Wildman–Crippen MR) is 98.6 cm³/mol. The van der Waals surface area contributed by atoms with Crippen molar-refractivity contribution in [3.8, 4) is 0 Å². The van der Waals surface area contributed by atoms with Crippen molar-refractivity contribution in [2.45, 2.75) is 39.2 Å². The van der Waals surface area contributed by atoms with Gasteiger partial charge in [0.2, 0.25) is 5.91 Å².